The minimum Gasteiger partial charge on any atom is -0.299 e. The van der Waals surface area contributed by atoms with Gasteiger partial charge in [0.1, 0.15) is 5.82 Å². The molecule has 226 valence electrons. The molecule has 0 aliphatic carbocycles. The van der Waals surface area contributed by atoms with E-state index in [0.717, 1.165) is 11.4 Å². The minimum absolute atomic E-state index is 0.114. The van der Waals surface area contributed by atoms with Crippen molar-refractivity contribution in [2.75, 3.05) is 0 Å². The van der Waals surface area contributed by atoms with Gasteiger partial charge in [-0.15, -0.1) is 0 Å². The van der Waals surface area contributed by atoms with Gasteiger partial charge >= 0.3 is 0 Å². The second-order valence-corrected chi connectivity index (χ2v) is 14.4. The van der Waals surface area contributed by atoms with Gasteiger partial charge in [-0.1, -0.05) is 126 Å². The molecule has 45 heavy (non-hydrogen) atoms. The maximum Gasteiger partial charge on any atom is 0.144 e. The van der Waals surface area contributed by atoms with Gasteiger partial charge in [-0.25, -0.2) is 4.98 Å². The molecule has 6 rings (SSSR count). The lowest BCUT2D eigenvalue weighted by molar-refractivity contribution is 0.590. The van der Waals surface area contributed by atoms with Crippen molar-refractivity contribution >= 4 is 0 Å². The van der Waals surface area contributed by atoms with Crippen molar-refractivity contribution in [1.82, 2.24) is 9.55 Å². The lowest BCUT2D eigenvalue weighted by atomic mass is 9.85. The molecule has 0 N–H and O–H groups in total. The van der Waals surface area contributed by atoms with E-state index in [1.807, 2.05) is 6.20 Å². The maximum absolute atomic E-state index is 4.83. The van der Waals surface area contributed by atoms with Crippen molar-refractivity contribution in [2.45, 2.75) is 66.2 Å². The smallest absolute Gasteiger partial charge is 0.144 e. The Hall–Kier alpha value is -4.69. The molecule has 1 aromatic heterocycles. The molecule has 0 aliphatic rings. The van der Waals surface area contributed by atoms with Crippen LogP contribution in [0, 0.1) is 13.8 Å². The number of aryl methyl sites for hydroxylation is 2. The quantitative estimate of drug-likeness (QED) is 0.196. The van der Waals surface area contributed by atoms with Crippen LogP contribution in [0.25, 0.3) is 50.5 Å². The Morgan fingerprint density at radius 2 is 0.889 bits per heavy atom. The summed E-state index contributed by atoms with van der Waals surface area (Å²) in [4.78, 5) is 4.83. The summed E-state index contributed by atoms with van der Waals surface area (Å²) in [6.45, 7) is 17.9. The van der Waals surface area contributed by atoms with Crippen molar-refractivity contribution in [2.24, 2.45) is 0 Å². The van der Waals surface area contributed by atoms with E-state index in [2.05, 4.69) is 175 Å². The van der Waals surface area contributed by atoms with E-state index in [1.54, 1.807) is 0 Å². The highest BCUT2D eigenvalue weighted by atomic mass is 15.1. The second kappa shape index (κ2) is 11.7. The highest BCUT2D eigenvalue weighted by Crippen LogP contribution is 2.36. The number of para-hydroxylation sites is 1. The summed E-state index contributed by atoms with van der Waals surface area (Å²) in [5.41, 5.74) is 14.9. The summed E-state index contributed by atoms with van der Waals surface area (Å²) in [6, 6.07) is 40.4. The summed E-state index contributed by atoms with van der Waals surface area (Å²) >= 11 is 0. The summed E-state index contributed by atoms with van der Waals surface area (Å²) in [5, 5.41) is 0. The van der Waals surface area contributed by atoms with Gasteiger partial charge in [0.2, 0.25) is 0 Å². The van der Waals surface area contributed by atoms with Gasteiger partial charge in [0.25, 0.3) is 0 Å². The van der Waals surface area contributed by atoms with Crippen LogP contribution in [0.3, 0.4) is 0 Å². The molecule has 0 fully saturated rings. The Kier molecular flexibility index (Phi) is 7.87. The van der Waals surface area contributed by atoms with Gasteiger partial charge in [-0.2, -0.15) is 0 Å². The lowest BCUT2D eigenvalue weighted by Crippen LogP contribution is -2.10. The number of hydrogen-bond donors (Lipinski definition) is 0. The van der Waals surface area contributed by atoms with Crippen LogP contribution in [0.1, 0.15) is 63.8 Å². The summed E-state index contributed by atoms with van der Waals surface area (Å²) in [5.74, 6) is 0.946. The Balaban J connectivity index is 1.47. The fourth-order valence-electron chi connectivity index (χ4n) is 6.17. The van der Waals surface area contributed by atoms with Crippen LogP contribution in [0.2, 0.25) is 0 Å². The molecule has 0 aliphatic heterocycles. The summed E-state index contributed by atoms with van der Waals surface area (Å²) in [6.07, 6.45) is 3.97. The molecule has 0 atom stereocenters. The third-order valence-corrected chi connectivity index (χ3v) is 8.88. The Labute approximate surface area is 269 Å². The first-order chi connectivity index (χ1) is 21.4. The van der Waals surface area contributed by atoms with Gasteiger partial charge in [0.15, 0.2) is 0 Å². The molecule has 0 amide bonds. The van der Waals surface area contributed by atoms with Crippen LogP contribution in [0.15, 0.2) is 122 Å². The first-order valence-corrected chi connectivity index (χ1v) is 16.0. The molecule has 0 saturated carbocycles. The van der Waals surface area contributed by atoms with Crippen LogP contribution >= 0.6 is 0 Å². The fourth-order valence-corrected chi connectivity index (χ4v) is 6.17. The van der Waals surface area contributed by atoms with E-state index >= 15 is 0 Å². The minimum atomic E-state index is 0.114. The van der Waals surface area contributed by atoms with Gasteiger partial charge in [-0.3, -0.25) is 4.57 Å². The van der Waals surface area contributed by atoms with E-state index in [9.17, 15) is 0 Å². The second-order valence-electron chi connectivity index (χ2n) is 14.4. The summed E-state index contributed by atoms with van der Waals surface area (Å²) in [7, 11) is 0. The predicted octanol–water partition coefficient (Wildman–Crippen LogP) is 11.8. The average Bonchev–Trinajstić information content (AvgIpc) is 3.50. The Morgan fingerprint density at radius 1 is 0.467 bits per heavy atom. The number of aromatic nitrogens is 2. The molecule has 5 aromatic carbocycles. The zero-order valence-electron chi connectivity index (χ0n) is 27.9. The molecule has 2 nitrogen and oxygen atoms in total. The normalized spacial score (nSPS) is 12.0. The molecular weight excluding hydrogens is 544 g/mol. The lowest BCUT2D eigenvalue weighted by Gasteiger charge is -2.20. The van der Waals surface area contributed by atoms with Crippen LogP contribution in [-0.4, -0.2) is 9.55 Å². The van der Waals surface area contributed by atoms with Crippen molar-refractivity contribution in [3.05, 3.63) is 144 Å². The molecule has 0 unspecified atom stereocenters. The molecule has 1 heterocycles. The van der Waals surface area contributed by atoms with E-state index < -0.39 is 0 Å². The molecular formula is C43H44N2. The highest BCUT2D eigenvalue weighted by molar-refractivity contribution is 5.82. The largest absolute Gasteiger partial charge is 0.299 e. The first-order valence-electron chi connectivity index (χ1n) is 16.0. The predicted molar refractivity (Wildman–Crippen MR) is 192 cm³/mol. The zero-order chi connectivity index (χ0) is 31.9. The third kappa shape index (κ3) is 6.28. The van der Waals surface area contributed by atoms with Crippen molar-refractivity contribution in [3.8, 4) is 50.5 Å². The third-order valence-electron chi connectivity index (χ3n) is 8.88. The van der Waals surface area contributed by atoms with Crippen molar-refractivity contribution in [1.29, 1.82) is 0 Å². The van der Waals surface area contributed by atoms with E-state index in [0.29, 0.717) is 0 Å². The SMILES string of the molecule is Cc1cccc(C)c1-n1ccnc1-c1cccc(-c2cc(-c3ccc(C(C)(C)C)cc3)cc(-c3ccc(C(C)(C)C)cc3)c2)c1. The van der Waals surface area contributed by atoms with Crippen molar-refractivity contribution < 1.29 is 0 Å². The number of rotatable bonds is 5. The number of nitrogens with zero attached hydrogens (tertiary/aromatic N) is 2. The standard InChI is InChI=1S/C43H44N2/c1-29-11-9-12-30(2)40(29)45-24-23-44-41(45)34-14-10-13-33(25-34)37-27-35(31-15-19-38(20-16-31)42(3,4)5)26-36(28-37)32-17-21-39(22-18-32)43(6,7)8/h9-28H,1-8H3. The number of benzene rings is 5. The number of imidazole rings is 1. The summed E-state index contributed by atoms with van der Waals surface area (Å²) < 4.78 is 2.22. The van der Waals surface area contributed by atoms with E-state index in [4.69, 9.17) is 4.98 Å². The monoisotopic (exact) mass is 588 g/mol. The van der Waals surface area contributed by atoms with Gasteiger partial charge in [0, 0.05) is 18.0 Å². The van der Waals surface area contributed by atoms with Crippen LogP contribution in [-0.2, 0) is 10.8 Å². The topological polar surface area (TPSA) is 17.8 Å². The molecule has 0 spiro atoms. The molecule has 0 saturated heterocycles. The van der Waals surface area contributed by atoms with Gasteiger partial charge < -0.3 is 0 Å². The van der Waals surface area contributed by atoms with Crippen LogP contribution in [0.5, 0.6) is 0 Å². The first kappa shape index (κ1) is 30.3. The van der Waals surface area contributed by atoms with Crippen LogP contribution < -0.4 is 0 Å². The van der Waals surface area contributed by atoms with Crippen LogP contribution in [0.4, 0.5) is 0 Å². The van der Waals surface area contributed by atoms with E-state index in [-0.39, 0.29) is 10.8 Å². The Morgan fingerprint density at radius 3 is 1.38 bits per heavy atom. The molecule has 2 heteroatoms. The fraction of sp³-hybridized carbons (Fsp3) is 0.233. The van der Waals surface area contributed by atoms with Gasteiger partial charge in [0.05, 0.1) is 5.69 Å². The Bertz CT molecular complexity index is 1860. The van der Waals surface area contributed by atoms with Crippen molar-refractivity contribution in [3.63, 3.8) is 0 Å². The zero-order valence-corrected chi connectivity index (χ0v) is 27.9. The molecule has 6 aromatic rings. The maximum atomic E-state index is 4.83. The molecule has 0 bridgehead atoms. The van der Waals surface area contributed by atoms with Gasteiger partial charge in [-0.05, 0) is 105 Å². The molecule has 0 radical (unpaired) electrons. The average molecular weight is 589 g/mol. The highest BCUT2D eigenvalue weighted by Gasteiger charge is 2.17. The van der Waals surface area contributed by atoms with E-state index in [1.165, 1.54) is 61.3 Å². The number of hydrogen-bond acceptors (Lipinski definition) is 1.